The highest BCUT2D eigenvalue weighted by atomic mass is 19.1. The van der Waals surface area contributed by atoms with Gasteiger partial charge in [0.15, 0.2) is 6.29 Å². The van der Waals surface area contributed by atoms with Gasteiger partial charge in [0.1, 0.15) is 11.6 Å². The van der Waals surface area contributed by atoms with Crippen LogP contribution in [0.15, 0.2) is 48.5 Å². The monoisotopic (exact) mass is 359 g/mol. The van der Waals surface area contributed by atoms with Gasteiger partial charge >= 0.3 is 0 Å². The first kappa shape index (κ1) is 18.8. The minimum atomic E-state index is -0.385. The minimum absolute atomic E-state index is 0.0973. The van der Waals surface area contributed by atoms with Crippen molar-refractivity contribution in [3.8, 4) is 5.75 Å². The van der Waals surface area contributed by atoms with Crippen LogP contribution in [0.5, 0.6) is 5.75 Å². The van der Waals surface area contributed by atoms with Crippen LogP contribution in [0.25, 0.3) is 0 Å². The second kappa shape index (κ2) is 9.12. The molecule has 0 amide bonds. The number of hydrogen-bond donors (Lipinski definition) is 1. The molecular formula is C21H26FNO3. The molecule has 0 radical (unpaired) electrons. The molecule has 1 heterocycles. The van der Waals surface area contributed by atoms with Gasteiger partial charge in [-0.3, -0.25) is 0 Å². The molecule has 0 spiro atoms. The quantitative estimate of drug-likeness (QED) is 0.815. The summed E-state index contributed by atoms with van der Waals surface area (Å²) in [4.78, 5) is 0. The van der Waals surface area contributed by atoms with Crippen LogP contribution >= 0.6 is 0 Å². The fourth-order valence-electron chi connectivity index (χ4n) is 3.01. The van der Waals surface area contributed by atoms with Crippen LogP contribution in [0.2, 0.25) is 0 Å². The number of rotatable bonds is 7. The first-order chi connectivity index (χ1) is 12.6. The van der Waals surface area contributed by atoms with Crippen molar-refractivity contribution in [1.29, 1.82) is 0 Å². The lowest BCUT2D eigenvalue weighted by atomic mass is 10.1. The third-order valence-corrected chi connectivity index (χ3v) is 4.19. The third-order valence-electron chi connectivity index (χ3n) is 4.19. The summed E-state index contributed by atoms with van der Waals surface area (Å²) >= 11 is 0. The van der Waals surface area contributed by atoms with Crippen LogP contribution in [-0.2, 0) is 15.9 Å². The number of morpholine rings is 1. The first-order valence-electron chi connectivity index (χ1n) is 9.09. The maximum Gasteiger partial charge on any atom is 0.176 e. The van der Waals surface area contributed by atoms with Crippen molar-refractivity contribution in [1.82, 2.24) is 5.32 Å². The normalized spacial score (nSPS) is 20.3. The Kier molecular flexibility index (Phi) is 6.61. The van der Waals surface area contributed by atoms with E-state index in [4.69, 9.17) is 14.2 Å². The van der Waals surface area contributed by atoms with Gasteiger partial charge in [0.05, 0.1) is 25.4 Å². The predicted octanol–water partition coefficient (Wildman–Crippen LogP) is 3.86. The van der Waals surface area contributed by atoms with Gasteiger partial charge in [-0.2, -0.15) is 0 Å². The fourth-order valence-corrected chi connectivity index (χ4v) is 3.01. The standard InChI is InChI=1S/C21H26FNO3/c1-15(2)26-19-5-3-4-16(14-19)10-12-24-21-20(23-11-13-25-21)17-6-8-18(22)9-7-17/h3-9,14-15,20-21,23H,10-13H2,1-2H3/t20-,21+/m0/s1. The Morgan fingerprint density at radius 3 is 2.77 bits per heavy atom. The molecule has 2 aromatic rings. The Balaban J connectivity index is 1.56. The van der Waals surface area contributed by atoms with E-state index in [1.54, 1.807) is 12.1 Å². The second-order valence-electron chi connectivity index (χ2n) is 6.66. The molecule has 0 aliphatic carbocycles. The molecule has 2 atom stereocenters. The molecule has 5 heteroatoms. The summed E-state index contributed by atoms with van der Waals surface area (Å²) in [6.07, 6.45) is 0.537. The Morgan fingerprint density at radius 1 is 1.19 bits per heavy atom. The van der Waals surface area contributed by atoms with E-state index >= 15 is 0 Å². The number of ether oxygens (including phenoxy) is 3. The van der Waals surface area contributed by atoms with Crippen LogP contribution in [0.1, 0.15) is 31.0 Å². The molecule has 0 unspecified atom stereocenters. The third kappa shape index (κ3) is 5.27. The summed E-state index contributed by atoms with van der Waals surface area (Å²) in [7, 11) is 0. The average Bonchev–Trinajstić information content (AvgIpc) is 2.63. The molecule has 0 saturated carbocycles. The van der Waals surface area contributed by atoms with E-state index in [1.165, 1.54) is 12.1 Å². The molecule has 0 bridgehead atoms. The van der Waals surface area contributed by atoms with E-state index in [2.05, 4.69) is 11.4 Å². The lowest BCUT2D eigenvalue weighted by Gasteiger charge is -2.33. The molecule has 1 fully saturated rings. The van der Waals surface area contributed by atoms with E-state index in [0.29, 0.717) is 13.2 Å². The smallest absolute Gasteiger partial charge is 0.176 e. The van der Waals surface area contributed by atoms with E-state index in [-0.39, 0.29) is 24.3 Å². The van der Waals surface area contributed by atoms with Gasteiger partial charge in [0.25, 0.3) is 0 Å². The van der Waals surface area contributed by atoms with Crippen molar-refractivity contribution < 1.29 is 18.6 Å². The van der Waals surface area contributed by atoms with Crippen LogP contribution in [0.3, 0.4) is 0 Å². The molecule has 0 aromatic heterocycles. The number of nitrogens with one attached hydrogen (secondary N) is 1. The number of hydrogen-bond acceptors (Lipinski definition) is 4. The zero-order valence-electron chi connectivity index (χ0n) is 15.3. The van der Waals surface area contributed by atoms with Crippen molar-refractivity contribution >= 4 is 0 Å². The molecule has 1 N–H and O–H groups in total. The lowest BCUT2D eigenvalue weighted by Crippen LogP contribution is -2.43. The SMILES string of the molecule is CC(C)Oc1cccc(CCO[C@@H]2OCCN[C@H]2c2ccc(F)cc2)c1. The Hall–Kier alpha value is -1.95. The van der Waals surface area contributed by atoms with Crippen LogP contribution in [0, 0.1) is 5.82 Å². The van der Waals surface area contributed by atoms with E-state index in [0.717, 1.165) is 29.8 Å². The van der Waals surface area contributed by atoms with Crippen LogP contribution in [0.4, 0.5) is 4.39 Å². The lowest BCUT2D eigenvalue weighted by molar-refractivity contribution is -0.176. The zero-order chi connectivity index (χ0) is 18.4. The van der Waals surface area contributed by atoms with Gasteiger partial charge in [-0.25, -0.2) is 4.39 Å². The van der Waals surface area contributed by atoms with E-state index in [1.807, 2.05) is 32.0 Å². The Morgan fingerprint density at radius 2 is 2.00 bits per heavy atom. The molecular weight excluding hydrogens is 333 g/mol. The summed E-state index contributed by atoms with van der Waals surface area (Å²) in [6, 6.07) is 14.4. The molecule has 1 saturated heterocycles. The minimum Gasteiger partial charge on any atom is -0.491 e. The molecule has 1 aliphatic rings. The molecule has 3 rings (SSSR count). The van der Waals surface area contributed by atoms with Gasteiger partial charge in [-0.1, -0.05) is 24.3 Å². The highest BCUT2D eigenvalue weighted by Gasteiger charge is 2.27. The average molecular weight is 359 g/mol. The predicted molar refractivity (Wildman–Crippen MR) is 98.7 cm³/mol. The van der Waals surface area contributed by atoms with Gasteiger partial charge in [-0.15, -0.1) is 0 Å². The maximum absolute atomic E-state index is 13.2. The molecule has 140 valence electrons. The largest absolute Gasteiger partial charge is 0.491 e. The number of halogens is 1. The molecule has 26 heavy (non-hydrogen) atoms. The molecule has 1 aliphatic heterocycles. The van der Waals surface area contributed by atoms with Gasteiger partial charge in [0.2, 0.25) is 0 Å². The molecule has 4 nitrogen and oxygen atoms in total. The van der Waals surface area contributed by atoms with Gasteiger partial charge < -0.3 is 19.5 Å². The summed E-state index contributed by atoms with van der Waals surface area (Å²) in [5.74, 6) is 0.628. The Bertz CT molecular complexity index is 690. The van der Waals surface area contributed by atoms with Gasteiger partial charge in [0, 0.05) is 6.54 Å². The highest BCUT2D eigenvalue weighted by molar-refractivity contribution is 5.28. The van der Waals surface area contributed by atoms with Crippen molar-refractivity contribution in [2.45, 2.75) is 38.7 Å². The highest BCUT2D eigenvalue weighted by Crippen LogP contribution is 2.24. The summed E-state index contributed by atoms with van der Waals surface area (Å²) in [6.45, 7) is 5.91. The van der Waals surface area contributed by atoms with Gasteiger partial charge in [-0.05, 0) is 55.7 Å². The summed E-state index contributed by atoms with van der Waals surface area (Å²) in [5, 5.41) is 3.39. The maximum atomic E-state index is 13.2. The van der Waals surface area contributed by atoms with Crippen molar-refractivity contribution in [3.63, 3.8) is 0 Å². The first-order valence-corrected chi connectivity index (χ1v) is 9.09. The zero-order valence-corrected chi connectivity index (χ0v) is 15.3. The second-order valence-corrected chi connectivity index (χ2v) is 6.66. The topological polar surface area (TPSA) is 39.7 Å². The van der Waals surface area contributed by atoms with Crippen LogP contribution in [-0.4, -0.2) is 32.2 Å². The van der Waals surface area contributed by atoms with E-state index < -0.39 is 0 Å². The van der Waals surface area contributed by atoms with E-state index in [9.17, 15) is 4.39 Å². The van der Waals surface area contributed by atoms with Crippen molar-refractivity contribution in [3.05, 3.63) is 65.5 Å². The van der Waals surface area contributed by atoms with Crippen molar-refractivity contribution in [2.75, 3.05) is 19.8 Å². The summed E-state index contributed by atoms with van der Waals surface area (Å²) in [5.41, 5.74) is 2.12. The van der Waals surface area contributed by atoms with Crippen LogP contribution < -0.4 is 10.1 Å². The number of benzene rings is 2. The fraction of sp³-hybridized carbons (Fsp3) is 0.429. The summed E-state index contributed by atoms with van der Waals surface area (Å²) < 4.78 is 30.7. The van der Waals surface area contributed by atoms with Crippen molar-refractivity contribution in [2.24, 2.45) is 0 Å². The Labute approximate surface area is 154 Å². The molecule has 2 aromatic carbocycles.